The van der Waals surface area contributed by atoms with Crippen molar-refractivity contribution >= 4 is 5.91 Å². The van der Waals surface area contributed by atoms with Gasteiger partial charge in [-0.1, -0.05) is 32.0 Å². The van der Waals surface area contributed by atoms with Crippen LogP contribution in [0.2, 0.25) is 0 Å². The lowest BCUT2D eigenvalue weighted by Crippen LogP contribution is -2.58. The summed E-state index contributed by atoms with van der Waals surface area (Å²) in [5.74, 6) is 1.05. The molecule has 0 spiro atoms. The SMILES string of the molecule is CC1(C)CCCNC1C(=O)NC1COc2ccccc2C1. The van der Waals surface area contributed by atoms with Gasteiger partial charge in [-0.3, -0.25) is 4.79 Å². The summed E-state index contributed by atoms with van der Waals surface area (Å²) in [5.41, 5.74) is 1.18. The molecule has 2 aliphatic rings. The Morgan fingerprint density at radius 2 is 2.19 bits per heavy atom. The maximum Gasteiger partial charge on any atom is 0.238 e. The predicted molar refractivity (Wildman–Crippen MR) is 82.4 cm³/mol. The van der Waals surface area contributed by atoms with Gasteiger partial charge in [0, 0.05) is 0 Å². The van der Waals surface area contributed by atoms with Gasteiger partial charge < -0.3 is 15.4 Å². The second kappa shape index (κ2) is 5.68. The molecule has 21 heavy (non-hydrogen) atoms. The van der Waals surface area contributed by atoms with Crippen LogP contribution < -0.4 is 15.4 Å². The van der Waals surface area contributed by atoms with Crippen molar-refractivity contribution in [3.63, 3.8) is 0 Å². The van der Waals surface area contributed by atoms with Crippen molar-refractivity contribution in [1.82, 2.24) is 10.6 Å². The van der Waals surface area contributed by atoms with E-state index in [9.17, 15) is 4.79 Å². The molecular formula is C17H24N2O2. The van der Waals surface area contributed by atoms with Crippen molar-refractivity contribution in [2.45, 2.75) is 45.2 Å². The van der Waals surface area contributed by atoms with Crippen LogP contribution in [-0.4, -0.2) is 31.1 Å². The predicted octanol–water partition coefficient (Wildman–Crippen LogP) is 1.88. The number of ether oxygens (including phenoxy) is 1. The van der Waals surface area contributed by atoms with Gasteiger partial charge in [0.15, 0.2) is 0 Å². The Bertz CT molecular complexity index is 527. The molecule has 2 atom stereocenters. The molecule has 1 amide bonds. The summed E-state index contributed by atoms with van der Waals surface area (Å²) in [6.07, 6.45) is 3.06. The molecule has 2 unspecified atom stereocenters. The average molecular weight is 288 g/mol. The fourth-order valence-corrected chi connectivity index (χ4v) is 3.36. The van der Waals surface area contributed by atoms with Crippen LogP contribution in [0.15, 0.2) is 24.3 Å². The molecule has 4 nitrogen and oxygen atoms in total. The Labute approximate surface area is 126 Å². The third kappa shape index (κ3) is 3.05. The molecular weight excluding hydrogens is 264 g/mol. The summed E-state index contributed by atoms with van der Waals surface area (Å²) in [4.78, 5) is 12.6. The molecule has 2 heterocycles. The van der Waals surface area contributed by atoms with Gasteiger partial charge in [0.05, 0.1) is 12.1 Å². The number of carbonyl (C=O) groups excluding carboxylic acids is 1. The van der Waals surface area contributed by atoms with Crippen LogP contribution in [0.3, 0.4) is 0 Å². The molecule has 0 radical (unpaired) electrons. The number of rotatable bonds is 2. The third-order valence-electron chi connectivity index (χ3n) is 4.62. The number of fused-ring (bicyclic) bond motifs is 1. The van der Waals surface area contributed by atoms with E-state index in [1.165, 1.54) is 5.56 Å². The molecule has 0 saturated carbocycles. The molecule has 0 bridgehead atoms. The van der Waals surface area contributed by atoms with E-state index in [-0.39, 0.29) is 23.4 Å². The van der Waals surface area contributed by atoms with E-state index in [2.05, 4.69) is 30.5 Å². The summed E-state index contributed by atoms with van der Waals surface area (Å²) in [6.45, 7) is 5.80. The van der Waals surface area contributed by atoms with Crippen molar-refractivity contribution in [3.05, 3.63) is 29.8 Å². The van der Waals surface area contributed by atoms with E-state index in [0.29, 0.717) is 6.61 Å². The quantitative estimate of drug-likeness (QED) is 0.873. The summed E-state index contributed by atoms with van der Waals surface area (Å²) >= 11 is 0. The fourth-order valence-electron chi connectivity index (χ4n) is 3.36. The van der Waals surface area contributed by atoms with E-state index in [1.54, 1.807) is 0 Å². The van der Waals surface area contributed by atoms with E-state index >= 15 is 0 Å². The molecule has 4 heteroatoms. The molecule has 1 aromatic rings. The zero-order valence-corrected chi connectivity index (χ0v) is 12.8. The first-order valence-electron chi connectivity index (χ1n) is 7.81. The number of amides is 1. The smallest absolute Gasteiger partial charge is 0.238 e. The van der Waals surface area contributed by atoms with Crippen LogP contribution in [0.5, 0.6) is 5.75 Å². The minimum Gasteiger partial charge on any atom is -0.491 e. The number of hydrogen-bond donors (Lipinski definition) is 2. The maximum atomic E-state index is 12.6. The van der Waals surface area contributed by atoms with Gasteiger partial charge in [0.25, 0.3) is 0 Å². The Hall–Kier alpha value is -1.55. The average Bonchev–Trinajstić information content (AvgIpc) is 2.46. The lowest BCUT2D eigenvalue weighted by atomic mass is 9.77. The minimum atomic E-state index is -0.108. The second-order valence-electron chi connectivity index (χ2n) is 6.81. The van der Waals surface area contributed by atoms with Crippen LogP contribution in [0.4, 0.5) is 0 Å². The van der Waals surface area contributed by atoms with Crippen molar-refractivity contribution < 1.29 is 9.53 Å². The number of nitrogens with one attached hydrogen (secondary N) is 2. The Balaban J connectivity index is 1.63. The molecule has 2 aliphatic heterocycles. The Morgan fingerprint density at radius 1 is 1.38 bits per heavy atom. The Morgan fingerprint density at radius 3 is 3.00 bits per heavy atom. The topological polar surface area (TPSA) is 50.4 Å². The standard InChI is InChI=1S/C17H24N2O2/c1-17(2)8-5-9-18-15(17)16(20)19-13-10-12-6-3-4-7-14(12)21-11-13/h3-4,6-7,13,15,18H,5,8-11H2,1-2H3,(H,19,20). The number of carbonyl (C=O) groups is 1. The summed E-state index contributed by atoms with van der Waals surface area (Å²) in [5, 5.41) is 6.52. The summed E-state index contributed by atoms with van der Waals surface area (Å²) < 4.78 is 5.74. The lowest BCUT2D eigenvalue weighted by Gasteiger charge is -2.39. The first-order valence-corrected chi connectivity index (χ1v) is 7.81. The van der Waals surface area contributed by atoms with E-state index in [0.717, 1.165) is 31.6 Å². The summed E-state index contributed by atoms with van der Waals surface area (Å²) in [7, 11) is 0. The number of piperidine rings is 1. The van der Waals surface area contributed by atoms with Gasteiger partial charge in [-0.2, -0.15) is 0 Å². The molecule has 3 rings (SSSR count). The third-order valence-corrected chi connectivity index (χ3v) is 4.62. The van der Waals surface area contributed by atoms with Crippen LogP contribution in [0, 0.1) is 5.41 Å². The van der Waals surface area contributed by atoms with Gasteiger partial charge in [0.1, 0.15) is 12.4 Å². The highest BCUT2D eigenvalue weighted by Gasteiger charge is 2.38. The fraction of sp³-hybridized carbons (Fsp3) is 0.588. The first-order chi connectivity index (χ1) is 10.1. The van der Waals surface area contributed by atoms with E-state index in [1.807, 2.05) is 18.2 Å². The zero-order valence-electron chi connectivity index (χ0n) is 12.8. The van der Waals surface area contributed by atoms with Crippen molar-refractivity contribution in [1.29, 1.82) is 0 Å². The zero-order chi connectivity index (χ0) is 14.9. The van der Waals surface area contributed by atoms with Gasteiger partial charge in [0.2, 0.25) is 5.91 Å². The first kappa shape index (κ1) is 14.4. The van der Waals surface area contributed by atoms with Crippen molar-refractivity contribution in [2.24, 2.45) is 5.41 Å². The summed E-state index contributed by atoms with van der Waals surface area (Å²) in [6, 6.07) is 8.00. The second-order valence-corrected chi connectivity index (χ2v) is 6.81. The Kier molecular flexibility index (Phi) is 3.89. The van der Waals surface area contributed by atoms with Gasteiger partial charge in [-0.05, 0) is 42.9 Å². The van der Waals surface area contributed by atoms with Crippen LogP contribution in [0.25, 0.3) is 0 Å². The van der Waals surface area contributed by atoms with Crippen LogP contribution >= 0.6 is 0 Å². The van der Waals surface area contributed by atoms with E-state index < -0.39 is 0 Å². The van der Waals surface area contributed by atoms with Crippen LogP contribution in [0.1, 0.15) is 32.3 Å². The van der Waals surface area contributed by atoms with Crippen molar-refractivity contribution in [3.8, 4) is 5.75 Å². The van der Waals surface area contributed by atoms with Gasteiger partial charge in [-0.25, -0.2) is 0 Å². The highest BCUT2D eigenvalue weighted by Crippen LogP contribution is 2.30. The van der Waals surface area contributed by atoms with Crippen molar-refractivity contribution in [2.75, 3.05) is 13.2 Å². The molecule has 0 aromatic heterocycles. The molecule has 1 aromatic carbocycles. The molecule has 1 saturated heterocycles. The number of para-hydroxylation sites is 1. The molecule has 2 N–H and O–H groups in total. The van der Waals surface area contributed by atoms with Gasteiger partial charge >= 0.3 is 0 Å². The largest absolute Gasteiger partial charge is 0.491 e. The number of hydrogen-bond acceptors (Lipinski definition) is 3. The normalized spacial score (nSPS) is 27.3. The highest BCUT2D eigenvalue weighted by atomic mass is 16.5. The molecule has 114 valence electrons. The highest BCUT2D eigenvalue weighted by molar-refractivity contribution is 5.83. The monoisotopic (exact) mass is 288 g/mol. The maximum absolute atomic E-state index is 12.6. The van der Waals surface area contributed by atoms with Gasteiger partial charge in [-0.15, -0.1) is 0 Å². The van der Waals surface area contributed by atoms with E-state index in [4.69, 9.17) is 4.74 Å². The number of benzene rings is 1. The van der Waals surface area contributed by atoms with Crippen LogP contribution in [-0.2, 0) is 11.2 Å². The molecule has 0 aliphatic carbocycles. The minimum absolute atomic E-state index is 0.00969. The lowest BCUT2D eigenvalue weighted by molar-refractivity contribution is -0.127. The molecule has 1 fully saturated rings.